The van der Waals surface area contributed by atoms with Gasteiger partial charge < -0.3 is 0 Å². The molecule has 11 heteroatoms. The highest BCUT2D eigenvalue weighted by atomic mass is 32.1. The number of fused-ring (bicyclic) bond motifs is 1. The Bertz CT molecular complexity index is 2000. The van der Waals surface area contributed by atoms with E-state index in [-0.39, 0.29) is 22.8 Å². The maximum Gasteiger partial charge on any atom is 0.296 e. The number of benzene rings is 3. The molecule has 0 atom stereocenters. The van der Waals surface area contributed by atoms with E-state index in [4.69, 9.17) is 5.10 Å². The normalized spacial score (nSPS) is 11.7. The predicted octanol–water partition coefficient (Wildman–Crippen LogP) is 3.41. The molecule has 0 aliphatic carbocycles. The van der Waals surface area contributed by atoms with E-state index < -0.39 is 16.0 Å². The molecule has 0 bridgehead atoms. The second-order valence-electron chi connectivity index (χ2n) is 8.65. The number of nitrogens with zero attached hydrogens (tertiary/aromatic N) is 6. The van der Waals surface area contributed by atoms with E-state index in [0.29, 0.717) is 21.4 Å². The van der Waals surface area contributed by atoms with E-state index in [1.54, 1.807) is 29.1 Å². The van der Waals surface area contributed by atoms with Gasteiger partial charge in [0, 0.05) is 35.9 Å². The number of hydrogen-bond donors (Lipinski definition) is 0. The third-order valence-corrected chi connectivity index (χ3v) is 7.03. The Hall–Kier alpha value is -5.29. The average Bonchev–Trinajstić information content (AvgIpc) is 3.51. The SMILES string of the molecule is O=c1nc2sc(=Cc3cn(-c4ccccc4)nc3-c3ccc([N+](=O)[O-])cc3)c(=O)n2nc1Cc1ccccc1. The lowest BCUT2D eigenvalue weighted by Crippen LogP contribution is -2.28. The third kappa shape index (κ3) is 4.74. The molecule has 6 aromatic rings. The number of aromatic nitrogens is 5. The molecule has 3 heterocycles. The third-order valence-electron chi connectivity index (χ3n) is 6.07. The van der Waals surface area contributed by atoms with E-state index in [2.05, 4.69) is 10.1 Å². The standard InChI is InChI=1S/C28H18N6O4S/c35-26-23(15-18-7-3-1-4-8-18)30-33-27(36)24(39-28(33)29-26)16-20-17-32(21-9-5-2-6-10-21)31-25(20)19-11-13-22(14-12-19)34(37)38/h1-14,16-17H,15H2. The number of non-ortho nitro benzene ring substituents is 1. The van der Waals surface area contributed by atoms with Crippen LogP contribution in [-0.2, 0) is 6.42 Å². The van der Waals surface area contributed by atoms with Crippen molar-refractivity contribution in [1.82, 2.24) is 24.4 Å². The fourth-order valence-corrected chi connectivity index (χ4v) is 5.05. The molecule has 0 spiro atoms. The van der Waals surface area contributed by atoms with Crippen LogP contribution in [0.4, 0.5) is 5.69 Å². The van der Waals surface area contributed by atoms with Gasteiger partial charge in [-0.2, -0.15) is 19.7 Å². The summed E-state index contributed by atoms with van der Waals surface area (Å²) >= 11 is 1.06. The summed E-state index contributed by atoms with van der Waals surface area (Å²) in [5, 5.41) is 20.2. The van der Waals surface area contributed by atoms with Crippen molar-refractivity contribution in [2.45, 2.75) is 6.42 Å². The van der Waals surface area contributed by atoms with E-state index >= 15 is 0 Å². The van der Waals surface area contributed by atoms with E-state index in [1.807, 2.05) is 60.7 Å². The van der Waals surface area contributed by atoms with Crippen LogP contribution in [0, 0.1) is 10.1 Å². The van der Waals surface area contributed by atoms with Crippen LogP contribution < -0.4 is 15.7 Å². The Labute approximate surface area is 223 Å². The first-order valence-corrected chi connectivity index (χ1v) is 12.7. The second kappa shape index (κ2) is 9.88. The zero-order chi connectivity index (χ0) is 26.9. The van der Waals surface area contributed by atoms with Gasteiger partial charge in [-0.3, -0.25) is 19.7 Å². The number of nitro groups is 1. The fraction of sp³-hybridized carbons (Fsp3) is 0.0357. The lowest BCUT2D eigenvalue weighted by molar-refractivity contribution is -0.384. The van der Waals surface area contributed by atoms with Crippen LogP contribution in [0.25, 0.3) is 28.0 Å². The van der Waals surface area contributed by atoms with Crippen LogP contribution in [0.2, 0.25) is 0 Å². The summed E-state index contributed by atoms with van der Waals surface area (Å²) in [5.41, 5.74) is 2.75. The largest absolute Gasteiger partial charge is 0.296 e. The van der Waals surface area contributed by atoms with Crippen molar-refractivity contribution in [1.29, 1.82) is 0 Å². The zero-order valence-corrected chi connectivity index (χ0v) is 21.0. The average molecular weight is 535 g/mol. The summed E-state index contributed by atoms with van der Waals surface area (Å²) in [7, 11) is 0. The fourth-order valence-electron chi connectivity index (χ4n) is 4.15. The lowest BCUT2D eigenvalue weighted by atomic mass is 10.1. The molecule has 3 aromatic carbocycles. The molecule has 3 aromatic heterocycles. The maximum atomic E-state index is 13.3. The van der Waals surface area contributed by atoms with E-state index in [0.717, 1.165) is 27.1 Å². The van der Waals surface area contributed by atoms with Crippen LogP contribution >= 0.6 is 11.3 Å². The van der Waals surface area contributed by atoms with Gasteiger partial charge in [-0.15, -0.1) is 0 Å². The van der Waals surface area contributed by atoms with E-state index in [1.165, 1.54) is 12.1 Å². The Morgan fingerprint density at radius 1 is 0.897 bits per heavy atom. The van der Waals surface area contributed by atoms with Gasteiger partial charge in [-0.1, -0.05) is 59.9 Å². The number of rotatable bonds is 6. The second-order valence-corrected chi connectivity index (χ2v) is 9.66. The molecule has 0 saturated carbocycles. The van der Waals surface area contributed by atoms with Crippen molar-refractivity contribution in [3.05, 3.63) is 143 Å². The first-order valence-electron chi connectivity index (χ1n) is 11.8. The first kappa shape index (κ1) is 24.1. The molecule has 0 saturated heterocycles. The number of hydrogen-bond acceptors (Lipinski definition) is 8. The number of thiazole rings is 1. The quantitative estimate of drug-likeness (QED) is 0.237. The van der Waals surface area contributed by atoms with Gasteiger partial charge in [0.15, 0.2) is 0 Å². The first-order chi connectivity index (χ1) is 19.0. The van der Waals surface area contributed by atoms with Gasteiger partial charge in [-0.25, -0.2) is 4.68 Å². The molecular weight excluding hydrogens is 516 g/mol. The summed E-state index contributed by atoms with van der Waals surface area (Å²) in [6.07, 6.45) is 3.72. The van der Waals surface area contributed by atoms with Gasteiger partial charge in [-0.05, 0) is 35.9 Å². The Morgan fingerprint density at radius 3 is 2.28 bits per heavy atom. The molecule has 0 aliphatic heterocycles. The van der Waals surface area contributed by atoms with Gasteiger partial charge in [0.2, 0.25) is 4.96 Å². The minimum atomic E-state index is -0.477. The molecule has 0 fully saturated rings. The Balaban J connectivity index is 1.48. The van der Waals surface area contributed by atoms with Crippen molar-refractivity contribution >= 4 is 28.1 Å². The summed E-state index contributed by atoms with van der Waals surface area (Å²) in [6.45, 7) is 0. The lowest BCUT2D eigenvalue weighted by Gasteiger charge is -2.00. The van der Waals surface area contributed by atoms with Gasteiger partial charge in [0.25, 0.3) is 16.8 Å². The molecule has 0 unspecified atom stereocenters. The smallest absolute Gasteiger partial charge is 0.266 e. The minimum absolute atomic E-state index is 0.0357. The maximum absolute atomic E-state index is 13.3. The van der Waals surface area contributed by atoms with Crippen LogP contribution in [0.1, 0.15) is 16.8 Å². The molecule has 0 aliphatic rings. The molecule has 6 rings (SSSR count). The monoisotopic (exact) mass is 534 g/mol. The van der Waals surface area contributed by atoms with Crippen molar-refractivity contribution < 1.29 is 4.92 Å². The van der Waals surface area contributed by atoms with Gasteiger partial charge in [0.05, 0.1) is 15.1 Å². The van der Waals surface area contributed by atoms with Crippen LogP contribution in [0.3, 0.4) is 0 Å². The summed E-state index contributed by atoms with van der Waals surface area (Å²) in [5.74, 6) is 0. The number of para-hydroxylation sites is 1. The van der Waals surface area contributed by atoms with Crippen molar-refractivity contribution in [2.24, 2.45) is 0 Å². The van der Waals surface area contributed by atoms with Crippen molar-refractivity contribution in [3.63, 3.8) is 0 Å². The topological polar surface area (TPSA) is 125 Å². The molecule has 39 heavy (non-hydrogen) atoms. The van der Waals surface area contributed by atoms with Crippen molar-refractivity contribution in [3.8, 4) is 16.9 Å². The Kier molecular flexibility index (Phi) is 6.10. The summed E-state index contributed by atoms with van der Waals surface area (Å²) < 4.78 is 3.16. The molecule has 0 N–H and O–H groups in total. The van der Waals surface area contributed by atoms with Gasteiger partial charge in [0.1, 0.15) is 11.4 Å². The van der Waals surface area contributed by atoms with Crippen LogP contribution in [-0.4, -0.2) is 29.3 Å². The van der Waals surface area contributed by atoms with E-state index in [9.17, 15) is 19.7 Å². The zero-order valence-electron chi connectivity index (χ0n) is 20.2. The predicted molar refractivity (Wildman–Crippen MR) is 147 cm³/mol. The molecular formula is C28H18N6O4S. The van der Waals surface area contributed by atoms with Crippen molar-refractivity contribution in [2.75, 3.05) is 0 Å². The highest BCUT2D eigenvalue weighted by molar-refractivity contribution is 7.15. The molecule has 10 nitrogen and oxygen atoms in total. The summed E-state index contributed by atoms with van der Waals surface area (Å²) in [4.78, 5) is 40.9. The van der Waals surface area contributed by atoms with Crippen LogP contribution in [0.5, 0.6) is 0 Å². The van der Waals surface area contributed by atoms with Gasteiger partial charge >= 0.3 is 0 Å². The number of nitro benzene ring substituents is 1. The Morgan fingerprint density at radius 2 is 1.59 bits per heavy atom. The highest BCUT2D eigenvalue weighted by Gasteiger charge is 2.16. The minimum Gasteiger partial charge on any atom is -0.266 e. The summed E-state index contributed by atoms with van der Waals surface area (Å²) in [6, 6.07) is 24.9. The molecule has 0 radical (unpaired) electrons. The molecule has 190 valence electrons. The van der Waals surface area contributed by atoms with Crippen LogP contribution in [0.15, 0.2) is 101 Å². The highest BCUT2D eigenvalue weighted by Crippen LogP contribution is 2.26. The molecule has 0 amide bonds.